The van der Waals surface area contributed by atoms with Gasteiger partial charge in [0.05, 0.1) is 12.2 Å². The summed E-state index contributed by atoms with van der Waals surface area (Å²) < 4.78 is 11.3. The minimum atomic E-state index is 0.360. The van der Waals surface area contributed by atoms with Gasteiger partial charge in [0.1, 0.15) is 0 Å². The highest BCUT2D eigenvalue weighted by Gasteiger charge is 2.28. The van der Waals surface area contributed by atoms with Crippen LogP contribution >= 0.6 is 0 Å². The first-order chi connectivity index (χ1) is 6.80. The van der Waals surface area contributed by atoms with Gasteiger partial charge in [-0.05, 0) is 45.6 Å². The fourth-order valence-electron chi connectivity index (χ4n) is 2.26. The molecule has 0 amide bonds. The van der Waals surface area contributed by atoms with Crippen LogP contribution in [0.2, 0.25) is 0 Å². The van der Waals surface area contributed by atoms with Gasteiger partial charge in [0, 0.05) is 13.2 Å². The van der Waals surface area contributed by atoms with Gasteiger partial charge in [-0.15, -0.1) is 0 Å². The second-order valence-electron chi connectivity index (χ2n) is 3.96. The van der Waals surface area contributed by atoms with Crippen LogP contribution in [-0.4, -0.2) is 32.0 Å². The lowest BCUT2D eigenvalue weighted by Crippen LogP contribution is -2.36. The molecule has 0 spiro atoms. The van der Waals surface area contributed by atoms with Crippen molar-refractivity contribution in [2.75, 3.05) is 19.8 Å². The minimum Gasteiger partial charge on any atom is -0.378 e. The van der Waals surface area contributed by atoms with Gasteiger partial charge in [-0.2, -0.15) is 0 Å². The molecule has 0 aromatic rings. The Morgan fingerprint density at radius 1 is 1.00 bits per heavy atom. The summed E-state index contributed by atoms with van der Waals surface area (Å²) in [5, 5.41) is 0. The van der Waals surface area contributed by atoms with Crippen molar-refractivity contribution in [2.45, 2.75) is 45.3 Å². The van der Waals surface area contributed by atoms with E-state index >= 15 is 0 Å². The second-order valence-corrected chi connectivity index (χ2v) is 3.96. The maximum absolute atomic E-state index is 5.71. The van der Waals surface area contributed by atoms with Crippen molar-refractivity contribution >= 4 is 0 Å². The van der Waals surface area contributed by atoms with E-state index in [1.165, 1.54) is 0 Å². The molecule has 0 radical (unpaired) electrons. The van der Waals surface area contributed by atoms with Gasteiger partial charge in [-0.25, -0.2) is 0 Å². The van der Waals surface area contributed by atoms with Crippen molar-refractivity contribution < 1.29 is 9.47 Å². The zero-order chi connectivity index (χ0) is 10.4. The van der Waals surface area contributed by atoms with Crippen LogP contribution in [-0.2, 0) is 9.47 Å². The van der Waals surface area contributed by atoms with E-state index in [2.05, 4.69) is 0 Å². The molecule has 1 rings (SSSR count). The largest absolute Gasteiger partial charge is 0.378 e. The molecule has 84 valence electrons. The van der Waals surface area contributed by atoms with Gasteiger partial charge >= 0.3 is 0 Å². The molecule has 0 saturated heterocycles. The maximum Gasteiger partial charge on any atom is 0.0602 e. The van der Waals surface area contributed by atoms with Crippen LogP contribution in [0, 0.1) is 5.92 Å². The van der Waals surface area contributed by atoms with Gasteiger partial charge < -0.3 is 15.2 Å². The Morgan fingerprint density at radius 2 is 1.50 bits per heavy atom. The molecule has 1 aliphatic carbocycles. The van der Waals surface area contributed by atoms with Crippen molar-refractivity contribution in [1.82, 2.24) is 0 Å². The molecular weight excluding hydrogens is 178 g/mol. The Bertz CT molecular complexity index is 138. The molecule has 1 fully saturated rings. The normalized spacial score (nSPS) is 33.2. The first-order valence-corrected chi connectivity index (χ1v) is 5.73. The SMILES string of the molecule is CCOC1CC(CN)CC(OCC)C1. The third kappa shape index (κ3) is 3.56. The molecule has 1 aliphatic rings. The minimum absolute atomic E-state index is 0.360. The van der Waals surface area contributed by atoms with E-state index in [-0.39, 0.29) is 0 Å². The molecule has 2 atom stereocenters. The quantitative estimate of drug-likeness (QED) is 0.734. The van der Waals surface area contributed by atoms with Gasteiger partial charge in [0.2, 0.25) is 0 Å². The fourth-order valence-corrected chi connectivity index (χ4v) is 2.26. The van der Waals surface area contributed by atoms with Crippen molar-refractivity contribution in [3.05, 3.63) is 0 Å². The predicted octanol–water partition coefficient (Wildman–Crippen LogP) is 1.56. The first-order valence-electron chi connectivity index (χ1n) is 5.73. The van der Waals surface area contributed by atoms with Crippen molar-refractivity contribution in [1.29, 1.82) is 0 Å². The number of hydrogen-bond acceptors (Lipinski definition) is 3. The number of hydrogen-bond donors (Lipinski definition) is 1. The molecule has 3 heteroatoms. The average Bonchev–Trinajstić information content (AvgIpc) is 2.18. The summed E-state index contributed by atoms with van der Waals surface area (Å²) in [6.07, 6.45) is 3.97. The van der Waals surface area contributed by atoms with Crippen LogP contribution in [0.3, 0.4) is 0 Å². The summed E-state index contributed by atoms with van der Waals surface area (Å²) in [5.41, 5.74) is 5.71. The third-order valence-corrected chi connectivity index (χ3v) is 2.86. The molecule has 0 aliphatic heterocycles. The Hall–Kier alpha value is -0.120. The Morgan fingerprint density at radius 3 is 1.86 bits per heavy atom. The summed E-state index contributed by atoms with van der Waals surface area (Å²) in [4.78, 5) is 0. The average molecular weight is 201 g/mol. The lowest BCUT2D eigenvalue weighted by molar-refractivity contribution is -0.0540. The Kier molecular flexibility index (Phi) is 5.45. The van der Waals surface area contributed by atoms with E-state index in [1.54, 1.807) is 0 Å². The highest BCUT2D eigenvalue weighted by molar-refractivity contribution is 4.80. The molecule has 2 N–H and O–H groups in total. The molecule has 0 aromatic carbocycles. The second kappa shape index (κ2) is 6.38. The molecule has 14 heavy (non-hydrogen) atoms. The van der Waals surface area contributed by atoms with E-state index in [1.807, 2.05) is 13.8 Å². The highest BCUT2D eigenvalue weighted by Crippen LogP contribution is 2.27. The topological polar surface area (TPSA) is 44.5 Å². The van der Waals surface area contributed by atoms with E-state index in [0.717, 1.165) is 39.0 Å². The van der Waals surface area contributed by atoms with Gasteiger partial charge in [-0.3, -0.25) is 0 Å². The molecule has 1 saturated carbocycles. The lowest BCUT2D eigenvalue weighted by Gasteiger charge is -2.33. The molecule has 3 nitrogen and oxygen atoms in total. The van der Waals surface area contributed by atoms with Gasteiger partial charge in [0.15, 0.2) is 0 Å². The predicted molar refractivity (Wildman–Crippen MR) is 57.2 cm³/mol. The molecule has 0 bridgehead atoms. The summed E-state index contributed by atoms with van der Waals surface area (Å²) in [7, 11) is 0. The van der Waals surface area contributed by atoms with Crippen LogP contribution in [0.1, 0.15) is 33.1 Å². The first kappa shape index (κ1) is 12.0. The van der Waals surface area contributed by atoms with Gasteiger partial charge in [0.25, 0.3) is 0 Å². The van der Waals surface area contributed by atoms with E-state index in [4.69, 9.17) is 15.2 Å². The molecule has 0 heterocycles. The Labute approximate surface area is 86.9 Å². The zero-order valence-corrected chi connectivity index (χ0v) is 9.37. The smallest absolute Gasteiger partial charge is 0.0602 e. The van der Waals surface area contributed by atoms with E-state index in [9.17, 15) is 0 Å². The maximum atomic E-state index is 5.71. The zero-order valence-electron chi connectivity index (χ0n) is 9.37. The van der Waals surface area contributed by atoms with Crippen LogP contribution in [0.5, 0.6) is 0 Å². The van der Waals surface area contributed by atoms with E-state index in [0.29, 0.717) is 18.1 Å². The molecular formula is C11H23NO2. The summed E-state index contributed by atoms with van der Waals surface area (Å²) in [6, 6.07) is 0. The Balaban J connectivity index is 2.39. The summed E-state index contributed by atoms with van der Waals surface area (Å²) in [5.74, 6) is 0.580. The number of nitrogens with two attached hydrogens (primary N) is 1. The van der Waals surface area contributed by atoms with Crippen molar-refractivity contribution in [2.24, 2.45) is 11.7 Å². The van der Waals surface area contributed by atoms with Crippen molar-refractivity contribution in [3.63, 3.8) is 0 Å². The lowest BCUT2D eigenvalue weighted by atomic mass is 9.85. The van der Waals surface area contributed by atoms with Gasteiger partial charge in [-0.1, -0.05) is 0 Å². The number of rotatable bonds is 5. The fraction of sp³-hybridized carbons (Fsp3) is 1.00. The molecule has 2 unspecified atom stereocenters. The standard InChI is InChI=1S/C11H23NO2/c1-3-13-10-5-9(8-12)6-11(7-10)14-4-2/h9-11H,3-8,12H2,1-2H3. The third-order valence-electron chi connectivity index (χ3n) is 2.86. The van der Waals surface area contributed by atoms with Crippen LogP contribution < -0.4 is 5.73 Å². The van der Waals surface area contributed by atoms with E-state index < -0.39 is 0 Å². The number of ether oxygens (including phenoxy) is 2. The van der Waals surface area contributed by atoms with Crippen molar-refractivity contribution in [3.8, 4) is 0 Å². The monoisotopic (exact) mass is 201 g/mol. The summed E-state index contributed by atoms with van der Waals surface area (Å²) >= 11 is 0. The van der Waals surface area contributed by atoms with Crippen LogP contribution in [0.15, 0.2) is 0 Å². The highest BCUT2D eigenvalue weighted by atomic mass is 16.5. The summed E-state index contributed by atoms with van der Waals surface area (Å²) in [6.45, 7) is 6.43. The van der Waals surface area contributed by atoms with Crippen LogP contribution in [0.4, 0.5) is 0 Å². The van der Waals surface area contributed by atoms with Crippen LogP contribution in [0.25, 0.3) is 0 Å². The molecule has 0 aromatic heterocycles.